The number of halogens is 2. The first kappa shape index (κ1) is 17.1. The zero-order chi connectivity index (χ0) is 15.7. The van der Waals surface area contributed by atoms with Gasteiger partial charge >= 0.3 is 0 Å². The molecule has 1 rings (SSSR count). The molecule has 0 aliphatic rings. The van der Waals surface area contributed by atoms with Gasteiger partial charge in [0.15, 0.2) is 11.6 Å². The van der Waals surface area contributed by atoms with Gasteiger partial charge in [0.05, 0.1) is 17.8 Å². The average molecular weight is 311 g/mol. The number of ether oxygens (including phenoxy) is 1. The Hall–Kier alpha value is -1.99. The standard InChI is InChI=1S/C14H15F2N3OS/c1-10(21)19-14(17-2)13(16)7-18-9-20-8-11-3-5-12(15)6-4-11/h3-7H,2,8-9H2,1H3,(H,19,21)/b14-13-,18-7-. The van der Waals surface area contributed by atoms with Gasteiger partial charge in [0.1, 0.15) is 12.5 Å². The molecule has 21 heavy (non-hydrogen) atoms. The number of aliphatic imine (C=N–C) groups is 2. The van der Waals surface area contributed by atoms with Crippen LogP contribution >= 0.6 is 12.2 Å². The second-order valence-corrected chi connectivity index (χ2v) is 4.56. The van der Waals surface area contributed by atoms with Crippen molar-refractivity contribution in [3.8, 4) is 0 Å². The third-order valence-corrected chi connectivity index (χ3v) is 2.33. The van der Waals surface area contributed by atoms with Crippen LogP contribution in [-0.4, -0.2) is 24.7 Å². The van der Waals surface area contributed by atoms with Gasteiger partial charge in [0, 0.05) is 0 Å². The fourth-order valence-corrected chi connectivity index (χ4v) is 1.41. The molecule has 0 aromatic heterocycles. The molecule has 0 amide bonds. The Morgan fingerprint density at radius 3 is 2.67 bits per heavy atom. The quantitative estimate of drug-likeness (QED) is 0.478. The van der Waals surface area contributed by atoms with Crippen LogP contribution in [0.5, 0.6) is 0 Å². The third-order valence-electron chi connectivity index (χ3n) is 2.23. The molecule has 7 heteroatoms. The van der Waals surface area contributed by atoms with E-state index in [1.165, 1.54) is 12.1 Å². The lowest BCUT2D eigenvalue weighted by molar-refractivity contribution is 0.129. The Kier molecular flexibility index (Phi) is 7.34. The van der Waals surface area contributed by atoms with Crippen LogP contribution < -0.4 is 5.32 Å². The molecule has 0 radical (unpaired) electrons. The van der Waals surface area contributed by atoms with Gasteiger partial charge in [-0.1, -0.05) is 24.4 Å². The molecule has 112 valence electrons. The number of rotatable bonds is 7. The summed E-state index contributed by atoms with van der Waals surface area (Å²) in [5.74, 6) is -1.10. The van der Waals surface area contributed by atoms with Crippen molar-refractivity contribution in [3.05, 3.63) is 47.3 Å². The van der Waals surface area contributed by atoms with E-state index in [1.807, 2.05) is 0 Å². The first-order valence-corrected chi connectivity index (χ1v) is 6.40. The van der Waals surface area contributed by atoms with Crippen LogP contribution in [0.4, 0.5) is 8.78 Å². The highest BCUT2D eigenvalue weighted by molar-refractivity contribution is 7.80. The molecule has 0 spiro atoms. The lowest BCUT2D eigenvalue weighted by atomic mass is 10.2. The van der Waals surface area contributed by atoms with E-state index < -0.39 is 5.83 Å². The molecular weight excluding hydrogens is 296 g/mol. The monoisotopic (exact) mass is 311 g/mol. The molecule has 0 unspecified atom stereocenters. The number of nitrogens with zero attached hydrogens (tertiary/aromatic N) is 2. The van der Waals surface area contributed by atoms with Gasteiger partial charge in [-0.05, 0) is 31.3 Å². The van der Waals surface area contributed by atoms with E-state index in [-0.39, 0.29) is 25.0 Å². The molecule has 0 atom stereocenters. The molecule has 0 saturated heterocycles. The van der Waals surface area contributed by atoms with E-state index >= 15 is 0 Å². The van der Waals surface area contributed by atoms with E-state index in [9.17, 15) is 8.78 Å². The van der Waals surface area contributed by atoms with Crippen LogP contribution in [0, 0.1) is 5.82 Å². The molecule has 1 aromatic rings. The van der Waals surface area contributed by atoms with Crippen molar-refractivity contribution in [1.82, 2.24) is 5.32 Å². The molecule has 1 aromatic carbocycles. The highest BCUT2D eigenvalue weighted by Gasteiger charge is 2.02. The number of thiocarbonyl (C=S) groups is 1. The molecule has 0 bridgehead atoms. The number of hydrogen-bond donors (Lipinski definition) is 1. The second kappa shape index (κ2) is 9.04. The van der Waals surface area contributed by atoms with Gasteiger partial charge in [0.2, 0.25) is 0 Å². The zero-order valence-electron chi connectivity index (χ0n) is 11.5. The van der Waals surface area contributed by atoms with Gasteiger partial charge in [-0.2, -0.15) is 0 Å². The van der Waals surface area contributed by atoms with Crippen LogP contribution in [0.25, 0.3) is 0 Å². The molecule has 4 nitrogen and oxygen atoms in total. The number of benzene rings is 1. The summed E-state index contributed by atoms with van der Waals surface area (Å²) in [5, 5.41) is 2.54. The van der Waals surface area contributed by atoms with Crippen LogP contribution in [-0.2, 0) is 11.3 Å². The molecule has 0 fully saturated rings. The summed E-state index contributed by atoms with van der Waals surface area (Å²) in [5.41, 5.74) is 0.800. The second-order valence-electron chi connectivity index (χ2n) is 3.95. The van der Waals surface area contributed by atoms with E-state index in [4.69, 9.17) is 17.0 Å². The minimum absolute atomic E-state index is 0.0359. The van der Waals surface area contributed by atoms with E-state index in [0.29, 0.717) is 4.99 Å². The van der Waals surface area contributed by atoms with Crippen molar-refractivity contribution in [2.24, 2.45) is 9.98 Å². The minimum Gasteiger partial charge on any atom is -0.355 e. The summed E-state index contributed by atoms with van der Waals surface area (Å²) in [7, 11) is 0. The van der Waals surface area contributed by atoms with Gasteiger partial charge in [-0.25, -0.2) is 13.8 Å². The smallest absolute Gasteiger partial charge is 0.183 e. The SMILES string of the molecule is C=N/C(NC(C)=S)=C(F)\C=N/COCc1ccc(F)cc1. The maximum absolute atomic E-state index is 13.6. The maximum atomic E-state index is 13.6. The Morgan fingerprint density at radius 2 is 2.10 bits per heavy atom. The highest BCUT2D eigenvalue weighted by atomic mass is 32.1. The zero-order valence-corrected chi connectivity index (χ0v) is 12.3. The average Bonchev–Trinajstić information content (AvgIpc) is 2.46. The summed E-state index contributed by atoms with van der Waals surface area (Å²) in [4.78, 5) is 7.60. The van der Waals surface area contributed by atoms with Gasteiger partial charge in [0.25, 0.3) is 0 Å². The predicted octanol–water partition coefficient (Wildman–Crippen LogP) is 3.15. The van der Waals surface area contributed by atoms with Crippen molar-refractivity contribution in [1.29, 1.82) is 0 Å². The predicted molar refractivity (Wildman–Crippen MR) is 83.6 cm³/mol. The Morgan fingerprint density at radius 1 is 1.43 bits per heavy atom. The van der Waals surface area contributed by atoms with Crippen molar-refractivity contribution in [2.45, 2.75) is 13.5 Å². The first-order valence-electron chi connectivity index (χ1n) is 5.99. The van der Waals surface area contributed by atoms with Crippen molar-refractivity contribution >= 4 is 30.1 Å². The molecule has 0 aliphatic carbocycles. The minimum atomic E-state index is -0.695. The third kappa shape index (κ3) is 6.82. The van der Waals surface area contributed by atoms with Crippen LogP contribution in [0.15, 0.2) is 45.9 Å². The van der Waals surface area contributed by atoms with E-state index in [0.717, 1.165) is 11.8 Å². The lowest BCUT2D eigenvalue weighted by Crippen LogP contribution is -2.17. The number of nitrogens with one attached hydrogen (secondary N) is 1. The van der Waals surface area contributed by atoms with Gasteiger partial charge in [-0.3, -0.25) is 4.99 Å². The van der Waals surface area contributed by atoms with Gasteiger partial charge in [-0.15, -0.1) is 0 Å². The van der Waals surface area contributed by atoms with Crippen molar-refractivity contribution in [3.63, 3.8) is 0 Å². The number of hydrogen-bond acceptors (Lipinski definition) is 4. The Balaban J connectivity index is 2.43. The van der Waals surface area contributed by atoms with Crippen molar-refractivity contribution in [2.75, 3.05) is 6.73 Å². The fraction of sp³-hybridized carbons (Fsp3) is 0.214. The Labute approximate surface area is 127 Å². The molecule has 0 aliphatic heterocycles. The summed E-state index contributed by atoms with van der Waals surface area (Å²) in [6.45, 7) is 5.05. The molecule has 0 saturated carbocycles. The first-order chi connectivity index (χ1) is 10.0. The summed E-state index contributed by atoms with van der Waals surface area (Å²) >= 11 is 4.78. The highest BCUT2D eigenvalue weighted by Crippen LogP contribution is 2.05. The van der Waals surface area contributed by atoms with Crippen LogP contribution in [0.1, 0.15) is 12.5 Å². The van der Waals surface area contributed by atoms with E-state index in [1.54, 1.807) is 19.1 Å². The molecule has 0 heterocycles. The van der Waals surface area contributed by atoms with Crippen LogP contribution in [0.2, 0.25) is 0 Å². The fourth-order valence-electron chi connectivity index (χ4n) is 1.32. The summed E-state index contributed by atoms with van der Waals surface area (Å²) in [6, 6.07) is 5.88. The largest absolute Gasteiger partial charge is 0.355 e. The van der Waals surface area contributed by atoms with Crippen molar-refractivity contribution < 1.29 is 13.5 Å². The molecular formula is C14H15F2N3OS. The van der Waals surface area contributed by atoms with E-state index in [2.05, 4.69) is 22.0 Å². The number of allylic oxidation sites excluding steroid dienone is 1. The lowest BCUT2D eigenvalue weighted by Gasteiger charge is -2.03. The van der Waals surface area contributed by atoms with Gasteiger partial charge < -0.3 is 10.1 Å². The topological polar surface area (TPSA) is 46.0 Å². The normalized spacial score (nSPS) is 12.1. The van der Waals surface area contributed by atoms with Crippen LogP contribution in [0.3, 0.4) is 0 Å². The Bertz CT molecular complexity index is 556. The molecule has 1 N–H and O–H groups in total. The maximum Gasteiger partial charge on any atom is 0.183 e. The summed E-state index contributed by atoms with van der Waals surface area (Å²) < 4.78 is 31.5. The summed E-state index contributed by atoms with van der Waals surface area (Å²) in [6.07, 6.45) is 0.972.